The van der Waals surface area contributed by atoms with Gasteiger partial charge < -0.3 is 5.32 Å². The van der Waals surface area contributed by atoms with E-state index < -0.39 is 0 Å². The van der Waals surface area contributed by atoms with E-state index in [0.717, 1.165) is 11.4 Å². The average molecular weight is 239 g/mol. The molecule has 0 aliphatic heterocycles. The molecule has 4 heteroatoms. The number of hydrogen-bond acceptors (Lipinski definition) is 3. The Morgan fingerprint density at radius 1 is 1.18 bits per heavy atom. The van der Waals surface area contributed by atoms with E-state index >= 15 is 0 Å². The molecule has 82 valence electrons. The number of anilines is 1. The Balaban J connectivity index is 2.11. The molecule has 1 heterocycles. The van der Waals surface area contributed by atoms with Crippen LogP contribution in [0.1, 0.15) is 11.3 Å². The van der Waals surface area contributed by atoms with Crippen LogP contribution < -0.4 is 5.32 Å². The normalized spacial score (nSPS) is 9.35. The van der Waals surface area contributed by atoms with Gasteiger partial charge in [-0.25, -0.2) is 0 Å². The maximum atomic E-state index is 8.68. The number of benzene rings is 1. The van der Waals surface area contributed by atoms with Crippen LogP contribution in [0.15, 0.2) is 48.7 Å². The molecule has 2 aromatic rings. The fraction of sp³-hybridized carbons (Fsp3) is 0. The molecule has 0 amide bonds. The van der Waals surface area contributed by atoms with E-state index in [1.165, 1.54) is 0 Å². The summed E-state index contributed by atoms with van der Waals surface area (Å²) in [5, 5.41) is 11.8. The SMILES string of the molecule is N#Cc1ccc(NC(=S)c2ccccn2)cc1. The van der Waals surface area contributed by atoms with Crippen LogP contribution >= 0.6 is 12.2 Å². The summed E-state index contributed by atoms with van der Waals surface area (Å²) in [4.78, 5) is 4.72. The molecule has 2 rings (SSSR count). The summed E-state index contributed by atoms with van der Waals surface area (Å²) >= 11 is 5.23. The lowest BCUT2D eigenvalue weighted by molar-refractivity contribution is 1.30. The van der Waals surface area contributed by atoms with Crippen molar-refractivity contribution in [3.63, 3.8) is 0 Å². The summed E-state index contributed by atoms with van der Waals surface area (Å²) in [6, 6.07) is 14.7. The molecule has 17 heavy (non-hydrogen) atoms. The summed E-state index contributed by atoms with van der Waals surface area (Å²) in [7, 11) is 0. The first-order valence-corrected chi connectivity index (χ1v) is 5.43. The Morgan fingerprint density at radius 2 is 1.94 bits per heavy atom. The quantitative estimate of drug-likeness (QED) is 0.819. The smallest absolute Gasteiger partial charge is 0.129 e. The molecule has 0 unspecified atom stereocenters. The van der Waals surface area contributed by atoms with Gasteiger partial charge in [0.15, 0.2) is 0 Å². The van der Waals surface area contributed by atoms with Gasteiger partial charge in [-0.3, -0.25) is 4.98 Å². The molecular formula is C13H9N3S. The third-order valence-electron chi connectivity index (χ3n) is 2.17. The third-order valence-corrected chi connectivity index (χ3v) is 2.48. The summed E-state index contributed by atoms with van der Waals surface area (Å²) in [6.45, 7) is 0. The topological polar surface area (TPSA) is 48.7 Å². The van der Waals surface area contributed by atoms with Gasteiger partial charge in [0, 0.05) is 11.9 Å². The van der Waals surface area contributed by atoms with Gasteiger partial charge in [0.25, 0.3) is 0 Å². The second kappa shape index (κ2) is 5.19. The van der Waals surface area contributed by atoms with Crippen molar-refractivity contribution in [2.45, 2.75) is 0 Å². The molecular weight excluding hydrogens is 230 g/mol. The largest absolute Gasteiger partial charge is 0.345 e. The first kappa shape index (κ1) is 11.2. The van der Waals surface area contributed by atoms with Crippen LogP contribution in [0, 0.1) is 11.3 Å². The van der Waals surface area contributed by atoms with Gasteiger partial charge in [-0.05, 0) is 36.4 Å². The minimum atomic E-state index is 0.565. The molecule has 0 aliphatic carbocycles. The van der Waals surface area contributed by atoms with Gasteiger partial charge in [0.05, 0.1) is 17.3 Å². The first-order valence-electron chi connectivity index (χ1n) is 5.02. The number of pyridine rings is 1. The van der Waals surface area contributed by atoms with Crippen molar-refractivity contribution in [3.8, 4) is 6.07 Å². The van der Waals surface area contributed by atoms with Crippen molar-refractivity contribution in [3.05, 3.63) is 59.9 Å². The Labute approximate surface area is 105 Å². The lowest BCUT2D eigenvalue weighted by Gasteiger charge is -2.06. The molecule has 0 bridgehead atoms. The second-order valence-electron chi connectivity index (χ2n) is 3.36. The fourth-order valence-corrected chi connectivity index (χ4v) is 1.56. The van der Waals surface area contributed by atoms with E-state index in [9.17, 15) is 0 Å². The Bertz CT molecular complexity index is 555. The van der Waals surface area contributed by atoms with Crippen LogP contribution in [-0.4, -0.2) is 9.97 Å². The Morgan fingerprint density at radius 3 is 2.53 bits per heavy atom. The lowest BCUT2D eigenvalue weighted by Crippen LogP contribution is -2.11. The zero-order chi connectivity index (χ0) is 12.1. The maximum Gasteiger partial charge on any atom is 0.129 e. The highest BCUT2D eigenvalue weighted by Crippen LogP contribution is 2.10. The molecule has 0 saturated carbocycles. The molecule has 0 aliphatic rings. The van der Waals surface area contributed by atoms with Gasteiger partial charge >= 0.3 is 0 Å². The molecule has 0 radical (unpaired) electrons. The molecule has 0 saturated heterocycles. The van der Waals surface area contributed by atoms with Crippen LogP contribution in [0.4, 0.5) is 5.69 Å². The van der Waals surface area contributed by atoms with Crippen LogP contribution in [0.5, 0.6) is 0 Å². The minimum Gasteiger partial charge on any atom is -0.345 e. The summed E-state index contributed by atoms with van der Waals surface area (Å²) in [5.74, 6) is 0. The average Bonchev–Trinajstić information content (AvgIpc) is 2.40. The number of hydrogen-bond donors (Lipinski definition) is 1. The van der Waals surface area contributed by atoms with Crippen molar-refractivity contribution < 1.29 is 0 Å². The monoisotopic (exact) mass is 239 g/mol. The Kier molecular flexibility index (Phi) is 3.43. The molecule has 0 fully saturated rings. The van der Waals surface area contributed by atoms with Crippen molar-refractivity contribution >= 4 is 22.9 Å². The predicted octanol–water partition coefficient (Wildman–Crippen LogP) is 2.74. The molecule has 1 N–H and O–H groups in total. The minimum absolute atomic E-state index is 0.565. The van der Waals surface area contributed by atoms with E-state index in [1.54, 1.807) is 18.3 Å². The lowest BCUT2D eigenvalue weighted by atomic mass is 10.2. The standard InChI is InChI=1S/C13H9N3S/c14-9-10-4-6-11(7-5-10)16-13(17)12-3-1-2-8-15-12/h1-8H,(H,16,17). The predicted molar refractivity (Wildman–Crippen MR) is 70.7 cm³/mol. The number of thiocarbonyl (C=S) groups is 1. The van der Waals surface area contributed by atoms with Gasteiger partial charge in [0.2, 0.25) is 0 Å². The van der Waals surface area contributed by atoms with Gasteiger partial charge in [-0.15, -0.1) is 0 Å². The zero-order valence-electron chi connectivity index (χ0n) is 8.92. The van der Waals surface area contributed by atoms with Crippen molar-refractivity contribution in [2.24, 2.45) is 0 Å². The third kappa shape index (κ3) is 2.86. The van der Waals surface area contributed by atoms with E-state index in [1.807, 2.05) is 30.3 Å². The molecule has 1 aromatic carbocycles. The molecule has 0 spiro atoms. The van der Waals surface area contributed by atoms with Gasteiger partial charge in [-0.2, -0.15) is 5.26 Å². The van der Waals surface area contributed by atoms with Gasteiger partial charge in [0.1, 0.15) is 4.99 Å². The first-order chi connectivity index (χ1) is 8.29. The molecule has 3 nitrogen and oxygen atoms in total. The number of nitrogens with zero attached hydrogens (tertiary/aromatic N) is 2. The van der Waals surface area contributed by atoms with E-state index in [-0.39, 0.29) is 0 Å². The fourth-order valence-electron chi connectivity index (χ4n) is 1.32. The molecule has 1 aromatic heterocycles. The number of nitrogens with one attached hydrogen (secondary N) is 1. The highest BCUT2D eigenvalue weighted by molar-refractivity contribution is 7.81. The second-order valence-corrected chi connectivity index (χ2v) is 3.77. The van der Waals surface area contributed by atoms with Crippen molar-refractivity contribution in [1.82, 2.24) is 4.98 Å². The number of nitriles is 1. The number of rotatable bonds is 2. The van der Waals surface area contributed by atoms with Crippen LogP contribution in [0.25, 0.3) is 0 Å². The van der Waals surface area contributed by atoms with Crippen molar-refractivity contribution in [2.75, 3.05) is 5.32 Å². The van der Waals surface area contributed by atoms with E-state index in [4.69, 9.17) is 17.5 Å². The van der Waals surface area contributed by atoms with E-state index in [0.29, 0.717) is 10.6 Å². The molecule has 0 atom stereocenters. The van der Waals surface area contributed by atoms with Crippen LogP contribution in [0.2, 0.25) is 0 Å². The van der Waals surface area contributed by atoms with Crippen LogP contribution in [-0.2, 0) is 0 Å². The van der Waals surface area contributed by atoms with Gasteiger partial charge in [-0.1, -0.05) is 18.3 Å². The maximum absolute atomic E-state index is 8.68. The Hall–Kier alpha value is -2.25. The highest BCUT2D eigenvalue weighted by atomic mass is 32.1. The van der Waals surface area contributed by atoms with E-state index in [2.05, 4.69) is 16.4 Å². The zero-order valence-corrected chi connectivity index (χ0v) is 9.74. The van der Waals surface area contributed by atoms with Crippen LogP contribution in [0.3, 0.4) is 0 Å². The summed E-state index contributed by atoms with van der Waals surface area (Å²) in [6.07, 6.45) is 1.70. The number of aromatic nitrogens is 1. The summed E-state index contributed by atoms with van der Waals surface area (Å²) < 4.78 is 0. The van der Waals surface area contributed by atoms with Crippen molar-refractivity contribution in [1.29, 1.82) is 5.26 Å². The summed E-state index contributed by atoms with van der Waals surface area (Å²) in [5.41, 5.74) is 2.20. The highest BCUT2D eigenvalue weighted by Gasteiger charge is 2.01.